The molecule has 2 aliphatic rings. The predicted molar refractivity (Wildman–Crippen MR) is 92.9 cm³/mol. The van der Waals surface area contributed by atoms with E-state index in [2.05, 4.69) is 90.1 Å². The van der Waals surface area contributed by atoms with E-state index in [0.717, 1.165) is 0 Å². The van der Waals surface area contributed by atoms with Gasteiger partial charge in [-0.2, -0.15) is 0 Å². The van der Waals surface area contributed by atoms with Crippen molar-refractivity contribution in [2.45, 2.75) is 41.5 Å². The van der Waals surface area contributed by atoms with E-state index in [4.69, 9.17) is 0 Å². The third-order valence-electron chi connectivity index (χ3n) is 5.25. The number of fused-ring (bicyclic) bond motifs is 3. The van der Waals surface area contributed by atoms with Gasteiger partial charge in [0.05, 0.1) is 0 Å². The zero-order valence-corrected chi connectivity index (χ0v) is 14.1. The normalized spacial score (nSPS) is 19.7. The third-order valence-corrected chi connectivity index (χ3v) is 5.25. The van der Waals surface area contributed by atoms with Gasteiger partial charge in [0.15, 0.2) is 0 Å². The zero-order chi connectivity index (χ0) is 15.5. The van der Waals surface area contributed by atoms with E-state index in [0.29, 0.717) is 0 Å². The minimum atomic E-state index is 0.0596. The van der Waals surface area contributed by atoms with Crippen molar-refractivity contribution < 1.29 is 0 Å². The minimum Gasteiger partial charge on any atom is -0.0729 e. The summed E-state index contributed by atoms with van der Waals surface area (Å²) in [7, 11) is 0. The monoisotopic (exact) mass is 278 g/mol. The first-order valence-electron chi connectivity index (χ1n) is 7.89. The van der Waals surface area contributed by atoms with Crippen LogP contribution in [0.4, 0.5) is 0 Å². The Hall–Kier alpha value is -1.56. The van der Waals surface area contributed by atoms with Gasteiger partial charge in [0.25, 0.3) is 0 Å². The highest BCUT2D eigenvalue weighted by molar-refractivity contribution is 5.98. The van der Waals surface area contributed by atoms with Gasteiger partial charge in [-0.25, -0.2) is 0 Å². The molecule has 0 atom stereocenters. The lowest BCUT2D eigenvalue weighted by Crippen LogP contribution is -2.44. The molecule has 0 radical (unpaired) electrons. The molecule has 0 N–H and O–H groups in total. The van der Waals surface area contributed by atoms with Gasteiger partial charge in [-0.15, -0.1) is 0 Å². The van der Waals surface area contributed by atoms with Gasteiger partial charge < -0.3 is 0 Å². The van der Waals surface area contributed by atoms with E-state index in [1.54, 1.807) is 0 Å². The Kier molecular flexibility index (Phi) is 2.89. The van der Waals surface area contributed by atoms with Crippen LogP contribution in [0, 0.1) is 16.2 Å². The average Bonchev–Trinajstić information content (AvgIpc) is 2.73. The van der Waals surface area contributed by atoms with Crippen LogP contribution in [0.3, 0.4) is 0 Å². The van der Waals surface area contributed by atoms with Gasteiger partial charge in [-0.3, -0.25) is 0 Å². The van der Waals surface area contributed by atoms with Gasteiger partial charge in [-0.05, 0) is 39.2 Å². The Morgan fingerprint density at radius 1 is 0.857 bits per heavy atom. The lowest BCUT2D eigenvalue weighted by Gasteiger charge is -2.52. The van der Waals surface area contributed by atoms with Crippen LogP contribution in [-0.2, 0) is 0 Å². The highest BCUT2D eigenvalue weighted by Gasteiger charge is 2.48. The molecule has 2 aliphatic carbocycles. The topological polar surface area (TPSA) is 0 Å². The van der Waals surface area contributed by atoms with Crippen molar-refractivity contribution in [3.05, 3.63) is 59.2 Å². The van der Waals surface area contributed by atoms with Gasteiger partial charge in [0, 0.05) is 5.41 Å². The molecule has 0 spiro atoms. The van der Waals surface area contributed by atoms with E-state index in [-0.39, 0.29) is 16.2 Å². The number of rotatable bonds is 0. The summed E-state index contributed by atoms with van der Waals surface area (Å²) in [6, 6.07) is 8.73. The Labute approximate surface area is 129 Å². The molecule has 0 bridgehead atoms. The summed E-state index contributed by atoms with van der Waals surface area (Å²) in [6.07, 6.45) is 9.62. The second kappa shape index (κ2) is 4.22. The second-order valence-electron chi connectivity index (χ2n) is 8.45. The first-order valence-corrected chi connectivity index (χ1v) is 7.89. The molecule has 0 aliphatic heterocycles. The Morgan fingerprint density at radius 2 is 1.48 bits per heavy atom. The molecule has 0 nitrogen and oxygen atoms in total. The smallest absolute Gasteiger partial charge is 0.0171 e. The van der Waals surface area contributed by atoms with E-state index in [1.807, 2.05) is 0 Å². The lowest BCUT2D eigenvalue weighted by atomic mass is 9.52. The summed E-state index contributed by atoms with van der Waals surface area (Å²) in [5.74, 6) is 0. The van der Waals surface area contributed by atoms with Crippen LogP contribution in [0.25, 0.3) is 11.6 Å². The molecule has 21 heavy (non-hydrogen) atoms. The SMILES string of the molecule is CC(C)(C)C1(C(C)(C)C)C=CC2=Cc3ccccc3C2=C1. The summed E-state index contributed by atoms with van der Waals surface area (Å²) in [4.78, 5) is 0. The second-order valence-corrected chi connectivity index (χ2v) is 8.45. The van der Waals surface area contributed by atoms with E-state index in [9.17, 15) is 0 Å². The summed E-state index contributed by atoms with van der Waals surface area (Å²) >= 11 is 0. The van der Waals surface area contributed by atoms with Crippen molar-refractivity contribution in [2.75, 3.05) is 0 Å². The van der Waals surface area contributed by atoms with E-state index in [1.165, 1.54) is 22.3 Å². The quantitative estimate of drug-likeness (QED) is 0.536. The summed E-state index contributed by atoms with van der Waals surface area (Å²) in [6.45, 7) is 14.1. The molecule has 0 amide bonds. The molecule has 1 aromatic rings. The van der Waals surface area contributed by atoms with E-state index < -0.39 is 0 Å². The van der Waals surface area contributed by atoms with Crippen molar-refractivity contribution >= 4 is 11.6 Å². The fourth-order valence-corrected chi connectivity index (χ4v) is 4.12. The molecule has 0 heterocycles. The number of hydrogen-bond acceptors (Lipinski definition) is 0. The highest BCUT2D eigenvalue weighted by atomic mass is 14.5. The number of hydrogen-bond donors (Lipinski definition) is 0. The number of allylic oxidation sites excluding steroid dienone is 5. The Morgan fingerprint density at radius 3 is 2.10 bits per heavy atom. The van der Waals surface area contributed by atoms with Crippen LogP contribution < -0.4 is 0 Å². The average molecular weight is 278 g/mol. The molecule has 0 saturated heterocycles. The van der Waals surface area contributed by atoms with Crippen LogP contribution in [-0.4, -0.2) is 0 Å². The maximum absolute atomic E-state index is 2.53. The largest absolute Gasteiger partial charge is 0.0729 e. The van der Waals surface area contributed by atoms with Crippen molar-refractivity contribution in [3.63, 3.8) is 0 Å². The van der Waals surface area contributed by atoms with Crippen molar-refractivity contribution in [3.8, 4) is 0 Å². The maximum Gasteiger partial charge on any atom is 0.0171 e. The zero-order valence-electron chi connectivity index (χ0n) is 14.1. The Bertz CT molecular complexity index is 653. The fourth-order valence-electron chi connectivity index (χ4n) is 4.12. The summed E-state index contributed by atoms with van der Waals surface area (Å²) in [5, 5.41) is 0. The molecular weight excluding hydrogens is 252 g/mol. The molecule has 110 valence electrons. The van der Waals surface area contributed by atoms with Crippen LogP contribution in [0.15, 0.2) is 48.1 Å². The molecule has 0 saturated carbocycles. The highest BCUT2D eigenvalue weighted by Crippen LogP contribution is 2.58. The summed E-state index contributed by atoms with van der Waals surface area (Å²) in [5.41, 5.74) is 5.93. The fraction of sp³-hybridized carbons (Fsp3) is 0.429. The third kappa shape index (κ3) is 1.96. The standard InChI is InChI=1S/C21H26/c1-19(2,3)21(20(4,5)6)12-11-16-13-15-9-7-8-10-17(15)18(16)14-21/h7-14H,1-6H3. The molecule has 0 unspecified atom stereocenters. The lowest BCUT2D eigenvalue weighted by molar-refractivity contribution is 0.0669. The van der Waals surface area contributed by atoms with Crippen LogP contribution in [0.2, 0.25) is 0 Å². The van der Waals surface area contributed by atoms with Crippen LogP contribution in [0.1, 0.15) is 52.7 Å². The minimum absolute atomic E-state index is 0.0596. The maximum atomic E-state index is 2.53. The summed E-state index contributed by atoms with van der Waals surface area (Å²) < 4.78 is 0. The van der Waals surface area contributed by atoms with Crippen LogP contribution >= 0.6 is 0 Å². The molecular formula is C21H26. The molecule has 0 aromatic heterocycles. The molecule has 1 aromatic carbocycles. The number of benzene rings is 1. The van der Waals surface area contributed by atoms with Gasteiger partial charge in [-0.1, -0.05) is 84.0 Å². The predicted octanol–water partition coefficient (Wildman–Crippen LogP) is 6.12. The van der Waals surface area contributed by atoms with Gasteiger partial charge in [0.1, 0.15) is 0 Å². The van der Waals surface area contributed by atoms with Gasteiger partial charge in [0.2, 0.25) is 0 Å². The first-order chi connectivity index (χ1) is 9.66. The molecule has 0 fully saturated rings. The molecule has 0 heteroatoms. The Balaban J connectivity index is 2.24. The van der Waals surface area contributed by atoms with Crippen LogP contribution in [0.5, 0.6) is 0 Å². The van der Waals surface area contributed by atoms with Gasteiger partial charge >= 0.3 is 0 Å². The van der Waals surface area contributed by atoms with Crippen molar-refractivity contribution in [2.24, 2.45) is 16.2 Å². The van der Waals surface area contributed by atoms with Crippen molar-refractivity contribution in [1.82, 2.24) is 0 Å². The first kappa shape index (κ1) is 14.4. The van der Waals surface area contributed by atoms with Crippen molar-refractivity contribution in [1.29, 1.82) is 0 Å². The van der Waals surface area contributed by atoms with E-state index >= 15 is 0 Å². The molecule has 3 rings (SSSR count).